The van der Waals surface area contributed by atoms with Gasteiger partial charge in [0.05, 0.1) is 6.04 Å². The number of hydrogen-bond acceptors (Lipinski definition) is 5. The highest BCUT2D eigenvalue weighted by molar-refractivity contribution is 7.10. The van der Waals surface area contributed by atoms with E-state index in [1.807, 2.05) is 17.5 Å². The molecule has 1 amide bonds. The lowest BCUT2D eigenvalue weighted by atomic mass is 10.1. The van der Waals surface area contributed by atoms with E-state index in [4.69, 9.17) is 4.74 Å². The normalized spacial score (nSPS) is 11.6. The number of benzene rings is 1. The Hall–Kier alpha value is -3.26. The van der Waals surface area contributed by atoms with Gasteiger partial charge in [0.25, 0.3) is 5.91 Å². The topological polar surface area (TPSA) is 82.3 Å². The van der Waals surface area contributed by atoms with E-state index in [9.17, 15) is 19.2 Å². The third kappa shape index (κ3) is 4.68. The average Bonchev–Trinajstić information content (AvgIpc) is 3.20. The van der Waals surface area contributed by atoms with Crippen LogP contribution in [0.5, 0.6) is 0 Å². The Morgan fingerprint density at radius 2 is 1.93 bits per heavy atom. The molecule has 1 aromatic carbocycles. The number of carbonyl (C=O) groups is 2. The maximum atomic E-state index is 13.2. The van der Waals surface area contributed by atoms with Gasteiger partial charge in [0.15, 0.2) is 12.8 Å². The molecule has 27 heavy (non-hydrogen) atoms. The number of aromatic nitrogens is 1. The summed E-state index contributed by atoms with van der Waals surface area (Å²) in [7, 11) is 0. The summed E-state index contributed by atoms with van der Waals surface area (Å²) in [6, 6.07) is 13.3. The van der Waals surface area contributed by atoms with E-state index >= 15 is 0 Å². The predicted molar refractivity (Wildman–Crippen MR) is 96.4 cm³/mol. The lowest BCUT2D eigenvalue weighted by molar-refractivity contribution is -0.608. The lowest BCUT2D eigenvalue weighted by Gasteiger charge is -2.18. The standard InChI is InChI=1S/C19H15FN2O4S/c20-14-8-6-13(7-9-14)18(16-5-3-11-27-16)21-17(23)12-26-19(24)15-4-1-2-10-22(15)25/h1-11,18H,12H2,(H,21,23)/t18-/m1/s1. The molecular formula is C19H15FN2O4S. The third-order valence-electron chi connectivity index (χ3n) is 3.70. The van der Waals surface area contributed by atoms with Crippen LogP contribution in [0.1, 0.15) is 27.0 Å². The fraction of sp³-hybridized carbons (Fsp3) is 0.105. The minimum atomic E-state index is -0.893. The molecule has 0 bridgehead atoms. The summed E-state index contributed by atoms with van der Waals surface area (Å²) in [4.78, 5) is 25.0. The van der Waals surface area contributed by atoms with E-state index in [1.165, 1.54) is 41.7 Å². The van der Waals surface area contributed by atoms with Crippen LogP contribution in [-0.2, 0) is 9.53 Å². The minimum Gasteiger partial charge on any atom is -0.618 e. The molecule has 0 aliphatic rings. The third-order valence-corrected chi connectivity index (χ3v) is 4.64. The molecule has 8 heteroatoms. The van der Waals surface area contributed by atoms with Crippen LogP contribution in [-0.4, -0.2) is 18.5 Å². The largest absolute Gasteiger partial charge is 0.618 e. The molecule has 0 aliphatic carbocycles. The van der Waals surface area contributed by atoms with E-state index in [2.05, 4.69) is 5.32 Å². The number of amides is 1. The van der Waals surface area contributed by atoms with Crippen molar-refractivity contribution in [2.45, 2.75) is 6.04 Å². The van der Waals surface area contributed by atoms with E-state index in [0.29, 0.717) is 10.3 Å². The zero-order valence-corrected chi connectivity index (χ0v) is 14.8. The first-order valence-electron chi connectivity index (χ1n) is 7.98. The summed E-state index contributed by atoms with van der Waals surface area (Å²) < 4.78 is 18.5. The van der Waals surface area contributed by atoms with Crippen molar-refractivity contribution in [2.75, 3.05) is 6.61 Å². The van der Waals surface area contributed by atoms with E-state index in [1.54, 1.807) is 12.1 Å². The van der Waals surface area contributed by atoms with Crippen LogP contribution in [0.3, 0.4) is 0 Å². The quantitative estimate of drug-likeness (QED) is 0.401. The molecule has 2 heterocycles. The summed E-state index contributed by atoms with van der Waals surface area (Å²) in [5, 5.41) is 16.2. The second-order valence-electron chi connectivity index (χ2n) is 5.56. The zero-order valence-electron chi connectivity index (χ0n) is 14.0. The molecule has 138 valence electrons. The van der Waals surface area contributed by atoms with E-state index in [0.717, 1.165) is 11.1 Å². The van der Waals surface area contributed by atoms with Crippen molar-refractivity contribution in [3.63, 3.8) is 0 Å². The molecule has 2 aromatic heterocycles. The van der Waals surface area contributed by atoms with Crippen LogP contribution in [0.4, 0.5) is 4.39 Å². The fourth-order valence-electron chi connectivity index (χ4n) is 2.42. The van der Waals surface area contributed by atoms with Crippen molar-refractivity contribution < 1.29 is 23.4 Å². The number of ether oxygens (including phenoxy) is 1. The van der Waals surface area contributed by atoms with Crippen LogP contribution >= 0.6 is 11.3 Å². The predicted octanol–water partition coefficient (Wildman–Crippen LogP) is 2.58. The Bertz CT molecular complexity index is 929. The summed E-state index contributed by atoms with van der Waals surface area (Å²) in [6.45, 7) is -0.545. The summed E-state index contributed by atoms with van der Waals surface area (Å²) in [5.41, 5.74) is 0.484. The number of rotatable bonds is 6. The SMILES string of the molecule is O=C(COC(=O)c1cccc[n+]1[O-])N[C@H](c1ccc(F)cc1)c1cccs1. The first-order chi connectivity index (χ1) is 13.0. The van der Waals surface area contributed by atoms with Crippen LogP contribution in [0, 0.1) is 11.0 Å². The maximum absolute atomic E-state index is 13.2. The second-order valence-corrected chi connectivity index (χ2v) is 6.53. The number of pyridine rings is 1. The van der Waals surface area contributed by atoms with Crippen molar-refractivity contribution in [1.82, 2.24) is 5.32 Å². The van der Waals surface area contributed by atoms with Crippen LogP contribution in [0.15, 0.2) is 66.2 Å². The molecule has 1 N–H and O–H groups in total. The van der Waals surface area contributed by atoms with Gasteiger partial charge in [-0.25, -0.2) is 9.18 Å². The van der Waals surface area contributed by atoms with E-state index < -0.39 is 24.5 Å². The van der Waals surface area contributed by atoms with Crippen molar-refractivity contribution in [1.29, 1.82) is 0 Å². The van der Waals surface area contributed by atoms with Crippen LogP contribution in [0.25, 0.3) is 0 Å². The number of hydrogen-bond donors (Lipinski definition) is 1. The molecule has 3 rings (SSSR count). The summed E-state index contributed by atoms with van der Waals surface area (Å²) in [6.07, 6.45) is 1.16. The lowest BCUT2D eigenvalue weighted by Crippen LogP contribution is -2.37. The first-order valence-corrected chi connectivity index (χ1v) is 8.86. The summed E-state index contributed by atoms with van der Waals surface area (Å²) in [5.74, 6) is -1.81. The van der Waals surface area contributed by atoms with Crippen LogP contribution in [0.2, 0.25) is 0 Å². The van der Waals surface area contributed by atoms with Crippen LogP contribution < -0.4 is 10.0 Å². The van der Waals surface area contributed by atoms with Gasteiger partial charge < -0.3 is 15.3 Å². The number of esters is 1. The molecule has 0 fully saturated rings. The zero-order chi connectivity index (χ0) is 19.2. The molecule has 0 saturated heterocycles. The Morgan fingerprint density at radius 1 is 1.15 bits per heavy atom. The average molecular weight is 386 g/mol. The molecule has 0 spiro atoms. The molecule has 0 unspecified atom stereocenters. The van der Waals surface area contributed by atoms with Crippen molar-refractivity contribution >= 4 is 23.2 Å². The Labute approximate surface area is 158 Å². The summed E-state index contributed by atoms with van der Waals surface area (Å²) >= 11 is 1.43. The highest BCUT2D eigenvalue weighted by Gasteiger charge is 2.21. The van der Waals surface area contributed by atoms with Gasteiger partial charge in [-0.3, -0.25) is 4.79 Å². The molecule has 0 aliphatic heterocycles. The first kappa shape index (κ1) is 18.5. The van der Waals surface area contributed by atoms with Gasteiger partial charge in [-0.15, -0.1) is 11.3 Å². The van der Waals surface area contributed by atoms with Gasteiger partial charge in [-0.1, -0.05) is 18.2 Å². The van der Waals surface area contributed by atoms with Gasteiger partial charge in [0.2, 0.25) is 0 Å². The van der Waals surface area contributed by atoms with Gasteiger partial charge in [0, 0.05) is 17.0 Å². The number of nitrogens with zero attached hydrogens (tertiary/aromatic N) is 1. The smallest absolute Gasteiger partial charge is 0.405 e. The highest BCUT2D eigenvalue weighted by Crippen LogP contribution is 2.26. The molecular weight excluding hydrogens is 371 g/mol. The molecule has 3 aromatic rings. The minimum absolute atomic E-state index is 0.210. The Kier molecular flexibility index (Phi) is 5.77. The fourth-order valence-corrected chi connectivity index (χ4v) is 3.23. The van der Waals surface area contributed by atoms with Crippen molar-refractivity contribution in [2.24, 2.45) is 0 Å². The van der Waals surface area contributed by atoms with Gasteiger partial charge in [-0.2, -0.15) is 4.73 Å². The Balaban J connectivity index is 1.67. The number of halogens is 1. The van der Waals surface area contributed by atoms with Crippen molar-refractivity contribution in [3.05, 3.63) is 93.3 Å². The van der Waals surface area contributed by atoms with Gasteiger partial charge in [0.1, 0.15) is 5.82 Å². The Morgan fingerprint density at radius 3 is 2.59 bits per heavy atom. The van der Waals surface area contributed by atoms with Gasteiger partial charge >= 0.3 is 11.7 Å². The molecule has 0 saturated carbocycles. The van der Waals surface area contributed by atoms with Gasteiger partial charge in [-0.05, 0) is 35.2 Å². The monoisotopic (exact) mass is 386 g/mol. The highest BCUT2D eigenvalue weighted by atomic mass is 32.1. The second kappa shape index (κ2) is 8.41. The molecule has 1 atom stereocenters. The number of nitrogens with one attached hydrogen (secondary N) is 1. The number of thiophene rings is 1. The maximum Gasteiger partial charge on any atom is 0.405 e. The molecule has 0 radical (unpaired) electrons. The molecule has 6 nitrogen and oxygen atoms in total. The van der Waals surface area contributed by atoms with Crippen molar-refractivity contribution in [3.8, 4) is 0 Å². The van der Waals surface area contributed by atoms with E-state index in [-0.39, 0.29) is 11.5 Å². The number of carbonyl (C=O) groups excluding carboxylic acids is 2.